The van der Waals surface area contributed by atoms with E-state index in [1.165, 1.54) is 0 Å². The number of methoxy groups -OCH3 is 1. The molecule has 0 fully saturated rings. The van der Waals surface area contributed by atoms with E-state index < -0.39 is 0 Å². The number of ether oxygens (including phenoxy) is 2. The molecule has 2 rings (SSSR count). The Morgan fingerprint density at radius 3 is 2.63 bits per heavy atom. The van der Waals surface area contributed by atoms with Crippen LogP contribution in [0.2, 0.25) is 0 Å². The van der Waals surface area contributed by atoms with Crippen LogP contribution in [0.25, 0.3) is 0 Å². The summed E-state index contributed by atoms with van der Waals surface area (Å²) in [6.07, 6.45) is 3.20. The Bertz CT molecular complexity index is 531. The van der Waals surface area contributed by atoms with E-state index >= 15 is 0 Å². The maximum Gasteiger partial charge on any atom is 0.161 e. The smallest absolute Gasteiger partial charge is 0.161 e. The van der Waals surface area contributed by atoms with Gasteiger partial charge in [0.2, 0.25) is 0 Å². The van der Waals surface area contributed by atoms with E-state index in [9.17, 15) is 0 Å². The second kappa shape index (κ2) is 6.42. The Balaban J connectivity index is 2.17. The molecule has 1 aromatic heterocycles. The average Bonchev–Trinajstić information content (AvgIpc) is 2.92. The third-order valence-corrected chi connectivity index (χ3v) is 3.24. The van der Waals surface area contributed by atoms with Crippen molar-refractivity contribution in [2.45, 2.75) is 13.5 Å². The van der Waals surface area contributed by atoms with Crippen LogP contribution in [0.15, 0.2) is 29.3 Å². The molecule has 0 spiro atoms. The molecule has 0 aliphatic heterocycles. The van der Waals surface area contributed by atoms with Crippen LogP contribution < -0.4 is 14.9 Å². The van der Waals surface area contributed by atoms with Crippen molar-refractivity contribution in [2.24, 2.45) is 0 Å². The van der Waals surface area contributed by atoms with E-state index in [2.05, 4.69) is 31.6 Å². The van der Waals surface area contributed by atoms with Crippen LogP contribution in [-0.4, -0.2) is 28.6 Å². The molecule has 0 saturated carbocycles. The molecular formula is C12H15BrN4O2. The lowest BCUT2D eigenvalue weighted by molar-refractivity contribution is 0.310. The van der Waals surface area contributed by atoms with Gasteiger partial charge in [-0.05, 0) is 24.6 Å². The molecule has 0 saturated heterocycles. The summed E-state index contributed by atoms with van der Waals surface area (Å²) in [5, 5.41) is 7.45. The van der Waals surface area contributed by atoms with Gasteiger partial charge in [0.25, 0.3) is 0 Å². The molecule has 0 aliphatic carbocycles. The Morgan fingerprint density at radius 2 is 2.00 bits per heavy atom. The predicted molar refractivity (Wildman–Crippen MR) is 74.9 cm³/mol. The monoisotopic (exact) mass is 326 g/mol. The lowest BCUT2D eigenvalue weighted by Gasteiger charge is -2.14. The molecule has 0 aliphatic rings. The fraction of sp³-hybridized carbons (Fsp3) is 0.333. The molecule has 6 nitrogen and oxygen atoms in total. The van der Waals surface area contributed by atoms with Gasteiger partial charge in [0.15, 0.2) is 11.5 Å². The number of rotatable bonds is 6. The van der Waals surface area contributed by atoms with Gasteiger partial charge in [0.05, 0.1) is 20.3 Å². The minimum atomic E-state index is 0.594. The molecule has 0 unspecified atom stereocenters. The van der Waals surface area contributed by atoms with Crippen molar-refractivity contribution in [2.75, 3.05) is 19.1 Å². The van der Waals surface area contributed by atoms with Crippen molar-refractivity contribution in [1.82, 2.24) is 14.9 Å². The van der Waals surface area contributed by atoms with E-state index in [0.29, 0.717) is 18.9 Å². The van der Waals surface area contributed by atoms with E-state index in [1.54, 1.807) is 24.4 Å². The maximum atomic E-state index is 5.56. The predicted octanol–water partition coefficient (Wildman–Crippen LogP) is 2.19. The first-order valence-corrected chi connectivity index (χ1v) is 6.61. The first-order chi connectivity index (χ1) is 9.24. The van der Waals surface area contributed by atoms with Crippen molar-refractivity contribution >= 4 is 15.9 Å². The molecule has 0 atom stereocenters. The highest BCUT2D eigenvalue weighted by molar-refractivity contribution is 9.10. The number of nitrogens with zero attached hydrogens (tertiary/aromatic N) is 3. The number of nitrogens with one attached hydrogen (secondary N) is 1. The molecule has 1 N–H and O–H groups in total. The number of aromatic nitrogens is 3. The average molecular weight is 327 g/mol. The van der Waals surface area contributed by atoms with E-state index in [0.717, 1.165) is 15.8 Å². The maximum absolute atomic E-state index is 5.56. The summed E-state index contributed by atoms with van der Waals surface area (Å²) in [6, 6.07) is 3.85. The van der Waals surface area contributed by atoms with Gasteiger partial charge >= 0.3 is 0 Å². The quantitative estimate of drug-likeness (QED) is 0.881. The van der Waals surface area contributed by atoms with Crippen LogP contribution in [-0.2, 0) is 6.54 Å². The number of benzene rings is 1. The van der Waals surface area contributed by atoms with Gasteiger partial charge in [0.1, 0.15) is 12.7 Å². The first-order valence-electron chi connectivity index (χ1n) is 5.82. The molecule has 2 aromatic rings. The fourth-order valence-electron chi connectivity index (χ4n) is 1.60. The normalized spacial score (nSPS) is 10.3. The highest BCUT2D eigenvalue weighted by Gasteiger charge is 2.10. The van der Waals surface area contributed by atoms with Gasteiger partial charge in [-0.2, -0.15) is 0 Å². The van der Waals surface area contributed by atoms with E-state index in [4.69, 9.17) is 9.47 Å². The highest BCUT2D eigenvalue weighted by atomic mass is 79.9. The third-order valence-electron chi connectivity index (χ3n) is 2.50. The summed E-state index contributed by atoms with van der Waals surface area (Å²) in [4.78, 5) is 0. The number of hydrogen-bond donors (Lipinski definition) is 1. The molecule has 0 bridgehead atoms. The molecule has 1 aromatic carbocycles. The van der Waals surface area contributed by atoms with Crippen LogP contribution in [0.1, 0.15) is 12.5 Å². The minimum Gasteiger partial charge on any atom is -0.493 e. The van der Waals surface area contributed by atoms with Gasteiger partial charge in [-0.25, -0.2) is 4.68 Å². The zero-order valence-corrected chi connectivity index (χ0v) is 12.3. The van der Waals surface area contributed by atoms with Crippen LogP contribution in [0.4, 0.5) is 0 Å². The molecule has 0 amide bonds. The minimum absolute atomic E-state index is 0.594. The van der Waals surface area contributed by atoms with Gasteiger partial charge in [-0.3, -0.25) is 0 Å². The fourth-order valence-corrected chi connectivity index (χ4v) is 2.06. The van der Waals surface area contributed by atoms with Crippen molar-refractivity contribution < 1.29 is 9.47 Å². The van der Waals surface area contributed by atoms with Crippen LogP contribution in [0.5, 0.6) is 11.5 Å². The summed E-state index contributed by atoms with van der Waals surface area (Å²) in [5.41, 5.74) is 4.21. The second-order valence-corrected chi connectivity index (χ2v) is 4.59. The highest BCUT2D eigenvalue weighted by Crippen LogP contribution is 2.33. The lowest BCUT2D eigenvalue weighted by Crippen LogP contribution is -2.12. The zero-order chi connectivity index (χ0) is 13.7. The topological polar surface area (TPSA) is 61.2 Å². The Hall–Kier alpha value is -1.76. The van der Waals surface area contributed by atoms with Crippen molar-refractivity contribution in [3.63, 3.8) is 0 Å². The summed E-state index contributed by atoms with van der Waals surface area (Å²) in [7, 11) is 1.62. The van der Waals surface area contributed by atoms with Crippen molar-refractivity contribution in [1.29, 1.82) is 0 Å². The van der Waals surface area contributed by atoms with Gasteiger partial charge in [0, 0.05) is 4.47 Å². The van der Waals surface area contributed by atoms with Crippen LogP contribution in [0, 0.1) is 0 Å². The molecule has 102 valence electrons. The summed E-state index contributed by atoms with van der Waals surface area (Å²) >= 11 is 3.52. The molecule has 19 heavy (non-hydrogen) atoms. The third kappa shape index (κ3) is 3.37. The molecule has 0 radical (unpaired) electrons. The van der Waals surface area contributed by atoms with E-state index in [1.807, 2.05) is 19.1 Å². The molecule has 1 heterocycles. The van der Waals surface area contributed by atoms with Crippen molar-refractivity contribution in [3.05, 3.63) is 34.8 Å². The lowest BCUT2D eigenvalue weighted by atomic mass is 10.2. The Labute approximate surface area is 119 Å². The van der Waals surface area contributed by atoms with Crippen LogP contribution in [0.3, 0.4) is 0 Å². The zero-order valence-electron chi connectivity index (χ0n) is 10.8. The largest absolute Gasteiger partial charge is 0.493 e. The summed E-state index contributed by atoms with van der Waals surface area (Å²) in [5.74, 6) is 1.44. The number of hydrogen-bond acceptors (Lipinski definition) is 5. The van der Waals surface area contributed by atoms with E-state index in [-0.39, 0.29) is 0 Å². The molecular weight excluding hydrogens is 312 g/mol. The Kier molecular flexibility index (Phi) is 4.62. The van der Waals surface area contributed by atoms with Crippen LogP contribution >= 0.6 is 15.9 Å². The van der Waals surface area contributed by atoms with Gasteiger partial charge in [-0.15, -0.1) is 10.2 Å². The summed E-state index contributed by atoms with van der Waals surface area (Å²) < 4.78 is 13.5. The second-order valence-electron chi connectivity index (χ2n) is 3.73. The van der Waals surface area contributed by atoms with Gasteiger partial charge in [-0.1, -0.05) is 15.9 Å². The Morgan fingerprint density at radius 1 is 1.26 bits per heavy atom. The van der Waals surface area contributed by atoms with Crippen molar-refractivity contribution in [3.8, 4) is 11.5 Å². The standard InChI is InChI=1S/C12H15BrN4O2/c1-3-19-12-4-9(10(13)5-11(12)18-2)6-16-17-7-14-15-8-17/h4-5,7-8,16H,3,6H2,1-2H3. The molecule has 7 heteroatoms. The van der Waals surface area contributed by atoms with Gasteiger partial charge < -0.3 is 14.9 Å². The summed E-state index contributed by atoms with van der Waals surface area (Å²) in [6.45, 7) is 3.15. The first kappa shape index (κ1) is 13.7. The SMILES string of the molecule is CCOc1cc(CNn2cnnc2)c(Br)cc1OC. The number of halogens is 1.